The number of rotatable bonds is 7. The van der Waals surface area contributed by atoms with Gasteiger partial charge in [0.25, 0.3) is 5.90 Å². The molecule has 8 nitrogen and oxygen atoms in total. The fourth-order valence-corrected chi connectivity index (χ4v) is 4.65. The molecule has 0 unspecified atom stereocenters. The lowest BCUT2D eigenvalue weighted by Gasteiger charge is -2.10. The minimum Gasteiger partial charge on any atom is -0.493 e. The molecule has 2 heterocycles. The number of benzene rings is 2. The number of aromatic nitrogens is 1. The molecule has 3 aromatic rings. The summed E-state index contributed by atoms with van der Waals surface area (Å²) < 4.78 is 18.5. The number of aryl methyl sites for hydroxylation is 2. The zero-order valence-corrected chi connectivity index (χ0v) is 20.9. The van der Waals surface area contributed by atoms with Crippen molar-refractivity contribution < 1.29 is 19.3 Å². The van der Waals surface area contributed by atoms with E-state index in [1.165, 1.54) is 11.3 Å². The lowest BCUT2D eigenvalue weighted by Crippen LogP contribution is -2.07. The van der Waals surface area contributed by atoms with Crippen molar-refractivity contribution in [1.82, 2.24) is 4.57 Å². The van der Waals surface area contributed by atoms with Gasteiger partial charge in [0.05, 0.1) is 24.8 Å². The molecule has 0 bridgehead atoms. The predicted molar refractivity (Wildman–Crippen MR) is 138 cm³/mol. The van der Waals surface area contributed by atoms with Crippen molar-refractivity contribution in [3.05, 3.63) is 68.3 Å². The van der Waals surface area contributed by atoms with Crippen molar-refractivity contribution in [1.29, 1.82) is 5.26 Å². The van der Waals surface area contributed by atoms with Gasteiger partial charge in [-0.25, -0.2) is 4.99 Å². The van der Waals surface area contributed by atoms with Crippen LogP contribution < -0.4 is 9.47 Å². The number of nitriles is 1. The van der Waals surface area contributed by atoms with Gasteiger partial charge in [-0.1, -0.05) is 23.8 Å². The Morgan fingerprint density at radius 1 is 1.20 bits per heavy atom. The second-order valence-electron chi connectivity index (χ2n) is 7.56. The maximum Gasteiger partial charge on any atom is 0.258 e. The van der Waals surface area contributed by atoms with Gasteiger partial charge in [-0.15, -0.1) is 11.3 Å². The molecule has 10 heteroatoms. The number of ether oxygens (including phenoxy) is 3. The summed E-state index contributed by atoms with van der Waals surface area (Å²) >= 11 is 6.69. The van der Waals surface area contributed by atoms with Crippen LogP contribution in [0.4, 0.5) is 5.69 Å². The van der Waals surface area contributed by atoms with Gasteiger partial charge in [-0.05, 0) is 55.4 Å². The first-order chi connectivity index (χ1) is 16.9. The molecule has 0 radical (unpaired) electrons. The first-order valence-electron chi connectivity index (χ1n) is 10.6. The fraction of sp³-hybridized carbons (Fsp3) is 0.200. The van der Waals surface area contributed by atoms with Gasteiger partial charge in [0, 0.05) is 12.6 Å². The van der Waals surface area contributed by atoms with E-state index in [-0.39, 0.29) is 23.4 Å². The van der Waals surface area contributed by atoms with E-state index < -0.39 is 0 Å². The van der Waals surface area contributed by atoms with Crippen LogP contribution in [0.15, 0.2) is 58.3 Å². The third kappa shape index (κ3) is 5.42. The van der Waals surface area contributed by atoms with Gasteiger partial charge in [-0.3, -0.25) is 4.57 Å². The standard InChI is InChI=1S/C25H22N4O4S2/c1-15-4-7-17(8-5-15)27-23-18(14-26)28-22(33-23)13-21-24(30)29(25(34)35-21)11-10-16-6-9-19(31-2)20(12-16)32-3/h4-9,12-13,30H,10-11H2,1-3H3. The van der Waals surface area contributed by atoms with Crippen LogP contribution in [0.1, 0.15) is 16.0 Å². The van der Waals surface area contributed by atoms with Crippen molar-refractivity contribution in [2.45, 2.75) is 19.9 Å². The molecule has 0 aliphatic carbocycles. The Balaban J connectivity index is 1.53. The van der Waals surface area contributed by atoms with E-state index >= 15 is 0 Å². The molecule has 0 amide bonds. The average Bonchev–Trinajstić information content (AvgIpc) is 3.37. The van der Waals surface area contributed by atoms with Crippen LogP contribution >= 0.6 is 23.6 Å². The first-order valence-corrected chi connectivity index (χ1v) is 11.8. The second-order valence-corrected chi connectivity index (χ2v) is 9.23. The largest absolute Gasteiger partial charge is 0.493 e. The Hall–Kier alpha value is -3.94. The monoisotopic (exact) mass is 506 g/mol. The van der Waals surface area contributed by atoms with E-state index in [2.05, 4.69) is 9.98 Å². The number of aliphatic imine (C=N–C) groups is 2. The summed E-state index contributed by atoms with van der Waals surface area (Å²) in [5, 5.41) is 20.2. The molecule has 1 N–H and O–H groups in total. The van der Waals surface area contributed by atoms with Gasteiger partial charge in [-0.2, -0.15) is 10.3 Å². The van der Waals surface area contributed by atoms with E-state index in [1.54, 1.807) is 24.9 Å². The molecule has 1 aromatic heterocycles. The van der Waals surface area contributed by atoms with Crippen LogP contribution in [0.2, 0.25) is 0 Å². The minimum absolute atomic E-state index is 0.00853. The molecule has 0 saturated carbocycles. The molecule has 2 aromatic carbocycles. The van der Waals surface area contributed by atoms with Crippen molar-refractivity contribution in [3.63, 3.8) is 0 Å². The van der Waals surface area contributed by atoms with E-state index in [1.807, 2.05) is 55.5 Å². The zero-order chi connectivity index (χ0) is 24.9. The molecule has 0 atom stereocenters. The molecule has 0 spiro atoms. The van der Waals surface area contributed by atoms with Gasteiger partial charge in [0.15, 0.2) is 15.5 Å². The van der Waals surface area contributed by atoms with Crippen LogP contribution in [-0.2, 0) is 17.7 Å². The Kier molecular flexibility index (Phi) is 7.29. The number of hydrogen-bond donors (Lipinski definition) is 1. The minimum atomic E-state index is 0.00853. The van der Waals surface area contributed by atoms with Crippen LogP contribution in [-0.4, -0.2) is 35.5 Å². The summed E-state index contributed by atoms with van der Waals surface area (Å²) in [6, 6.07) is 15.2. The Morgan fingerprint density at radius 2 is 1.94 bits per heavy atom. The smallest absolute Gasteiger partial charge is 0.258 e. The van der Waals surface area contributed by atoms with Crippen LogP contribution in [0.5, 0.6) is 17.4 Å². The number of aromatic hydroxyl groups is 1. The second kappa shape index (κ2) is 10.5. The van der Waals surface area contributed by atoms with Crippen molar-refractivity contribution in [2.24, 2.45) is 9.98 Å². The topological polar surface area (TPSA) is 101 Å². The van der Waals surface area contributed by atoms with Gasteiger partial charge in [0.1, 0.15) is 6.07 Å². The third-order valence-electron chi connectivity index (χ3n) is 5.22. The van der Waals surface area contributed by atoms with Gasteiger partial charge in [0.2, 0.25) is 17.5 Å². The molecule has 0 saturated heterocycles. The fourth-order valence-electron chi connectivity index (χ4n) is 3.37. The average molecular weight is 507 g/mol. The maximum atomic E-state index is 10.8. The molecular formula is C25H22N4O4S2. The SMILES string of the molecule is COc1ccc(CCn2c(O)c(C=C3N=C(C#N)C(=Nc4ccc(C)cc4)O3)sc2=S)cc1OC. The summed E-state index contributed by atoms with van der Waals surface area (Å²) in [6.07, 6.45) is 2.17. The molecule has 1 aliphatic heterocycles. The third-order valence-corrected chi connectivity index (χ3v) is 6.60. The summed E-state index contributed by atoms with van der Waals surface area (Å²) in [5.41, 5.74) is 2.82. The molecule has 35 heavy (non-hydrogen) atoms. The van der Waals surface area contributed by atoms with Crippen LogP contribution in [0.3, 0.4) is 0 Å². The Labute approximate surface area is 211 Å². The molecular weight excluding hydrogens is 484 g/mol. The highest BCUT2D eigenvalue weighted by molar-refractivity contribution is 7.73. The summed E-state index contributed by atoms with van der Waals surface area (Å²) in [4.78, 5) is 9.05. The lowest BCUT2D eigenvalue weighted by molar-refractivity contribution is 0.354. The normalized spacial score (nSPS) is 15.1. The Morgan fingerprint density at radius 3 is 2.63 bits per heavy atom. The molecule has 0 fully saturated rings. The highest BCUT2D eigenvalue weighted by Gasteiger charge is 2.23. The lowest BCUT2D eigenvalue weighted by atomic mass is 10.1. The maximum absolute atomic E-state index is 10.8. The quantitative estimate of drug-likeness (QED) is 0.420. The molecule has 4 rings (SSSR count). The number of hydrogen-bond acceptors (Lipinski definition) is 9. The van der Waals surface area contributed by atoms with E-state index in [0.717, 1.165) is 11.1 Å². The first kappa shape index (κ1) is 24.2. The van der Waals surface area contributed by atoms with Crippen molar-refractivity contribution in [2.75, 3.05) is 14.2 Å². The zero-order valence-electron chi connectivity index (χ0n) is 19.3. The van der Waals surface area contributed by atoms with E-state index in [9.17, 15) is 10.4 Å². The Bertz CT molecular complexity index is 1440. The number of thiazole rings is 1. The van der Waals surface area contributed by atoms with E-state index in [0.29, 0.717) is 39.0 Å². The number of methoxy groups -OCH3 is 2. The van der Waals surface area contributed by atoms with E-state index in [4.69, 9.17) is 26.4 Å². The van der Waals surface area contributed by atoms with Crippen LogP contribution in [0.25, 0.3) is 6.08 Å². The highest BCUT2D eigenvalue weighted by Crippen LogP contribution is 2.32. The number of nitrogens with zero attached hydrogens (tertiary/aromatic N) is 4. The summed E-state index contributed by atoms with van der Waals surface area (Å²) in [5.74, 6) is 1.57. The summed E-state index contributed by atoms with van der Waals surface area (Å²) in [7, 11) is 3.18. The molecule has 1 aliphatic rings. The van der Waals surface area contributed by atoms with Gasteiger partial charge < -0.3 is 19.3 Å². The summed E-state index contributed by atoms with van der Waals surface area (Å²) in [6.45, 7) is 2.45. The van der Waals surface area contributed by atoms with Crippen LogP contribution in [0, 0.1) is 22.2 Å². The van der Waals surface area contributed by atoms with Gasteiger partial charge >= 0.3 is 0 Å². The highest BCUT2D eigenvalue weighted by atomic mass is 32.1. The molecule has 178 valence electrons. The van der Waals surface area contributed by atoms with Crippen molar-refractivity contribution in [3.8, 4) is 23.4 Å². The van der Waals surface area contributed by atoms with Crippen molar-refractivity contribution >= 4 is 46.9 Å². The predicted octanol–water partition coefficient (Wildman–Crippen LogP) is 5.58.